The van der Waals surface area contributed by atoms with E-state index in [1.165, 1.54) is 4.90 Å². The average molecular weight is 892 g/mol. The van der Waals surface area contributed by atoms with Crippen LogP contribution in [0.2, 0.25) is 5.02 Å². The van der Waals surface area contributed by atoms with Crippen molar-refractivity contribution < 1.29 is 33.5 Å². The zero-order valence-electron chi connectivity index (χ0n) is 37.5. The van der Waals surface area contributed by atoms with E-state index in [0.29, 0.717) is 59.5 Å². The molecule has 2 aliphatic heterocycles. The number of hydrogen-bond donors (Lipinski definition) is 3. The molecule has 3 aromatic carbocycles. The zero-order valence-corrected chi connectivity index (χ0v) is 38.3. The minimum atomic E-state index is -0.930. The molecule has 1 aromatic heterocycles. The highest BCUT2D eigenvalue weighted by atomic mass is 35.5. The number of nitrogens with zero attached hydrogens (tertiary/aromatic N) is 5. The Kier molecular flexibility index (Phi) is 13.4. The van der Waals surface area contributed by atoms with E-state index in [1.54, 1.807) is 36.1 Å². The van der Waals surface area contributed by atoms with E-state index in [1.807, 2.05) is 68.4 Å². The first-order valence-corrected chi connectivity index (χ1v) is 22.3. The molecular formula is C49H58ClN7O7. The summed E-state index contributed by atoms with van der Waals surface area (Å²) < 4.78 is 11.9. The second-order valence-electron chi connectivity index (χ2n) is 18.9. The number of aliphatic hydroxyl groups is 1. The summed E-state index contributed by atoms with van der Waals surface area (Å²) in [6, 6.07) is 23.8. The fourth-order valence-electron chi connectivity index (χ4n) is 10.1. The van der Waals surface area contributed by atoms with Crippen LogP contribution in [0.1, 0.15) is 99.3 Å². The Morgan fingerprint density at radius 1 is 0.969 bits per heavy atom. The molecule has 0 radical (unpaired) electrons. The number of halogens is 1. The molecule has 3 aliphatic rings. The van der Waals surface area contributed by atoms with E-state index in [9.17, 15) is 29.5 Å². The summed E-state index contributed by atoms with van der Waals surface area (Å²) in [5, 5.41) is 30.6. The molecule has 15 heteroatoms. The van der Waals surface area contributed by atoms with Crippen molar-refractivity contribution in [1.82, 2.24) is 25.6 Å². The number of carbonyl (C=O) groups excluding carboxylic acids is 4. The number of anilines is 1. The first kappa shape index (κ1) is 46.1. The number of hydrogen-bond acceptors (Lipinski definition) is 10. The molecule has 4 aromatic rings. The smallest absolute Gasteiger partial charge is 0.251 e. The maximum atomic E-state index is 14.0. The Labute approximate surface area is 379 Å². The molecule has 14 nitrogen and oxygen atoms in total. The Morgan fingerprint density at radius 2 is 1.64 bits per heavy atom. The van der Waals surface area contributed by atoms with Gasteiger partial charge in [-0.2, -0.15) is 5.26 Å². The summed E-state index contributed by atoms with van der Waals surface area (Å²) in [6.45, 7) is 15.9. The molecule has 4 atom stereocenters. The molecule has 4 amide bonds. The predicted molar refractivity (Wildman–Crippen MR) is 242 cm³/mol. The number of aliphatic hydroxyl groups excluding tert-OH is 1. The van der Waals surface area contributed by atoms with E-state index in [0.717, 1.165) is 11.3 Å². The molecule has 2 saturated heterocycles. The van der Waals surface area contributed by atoms with Crippen LogP contribution >= 0.6 is 11.6 Å². The third kappa shape index (κ3) is 9.47. The molecule has 7 rings (SSSR count). The quantitative estimate of drug-likeness (QED) is 0.136. The molecule has 0 bridgehead atoms. The van der Waals surface area contributed by atoms with Crippen molar-refractivity contribution >= 4 is 40.9 Å². The maximum Gasteiger partial charge on any atom is 0.251 e. The number of likely N-dealkylation sites (tertiary alicyclic amines) is 1. The monoisotopic (exact) mass is 891 g/mol. The van der Waals surface area contributed by atoms with Crippen LogP contribution in [0.3, 0.4) is 0 Å². The molecule has 3 heterocycles. The minimum Gasteiger partial charge on any atom is -0.489 e. The first-order chi connectivity index (χ1) is 30.4. The lowest BCUT2D eigenvalue weighted by Gasteiger charge is -2.63. The molecular weight excluding hydrogens is 834 g/mol. The highest BCUT2D eigenvalue weighted by Crippen LogP contribution is 2.55. The Hall–Kier alpha value is -5.91. The fourth-order valence-corrected chi connectivity index (χ4v) is 10.3. The van der Waals surface area contributed by atoms with Gasteiger partial charge < -0.3 is 39.7 Å². The number of aryl methyl sites for hydroxylation is 1. The van der Waals surface area contributed by atoms with Crippen LogP contribution in [0.5, 0.6) is 5.75 Å². The molecule has 0 spiro atoms. The highest BCUT2D eigenvalue weighted by molar-refractivity contribution is 6.31. The van der Waals surface area contributed by atoms with Crippen molar-refractivity contribution in [3.05, 3.63) is 112 Å². The van der Waals surface area contributed by atoms with Gasteiger partial charge in [-0.05, 0) is 54.8 Å². The van der Waals surface area contributed by atoms with Crippen LogP contribution in [0.4, 0.5) is 5.69 Å². The number of ether oxygens (including phenoxy) is 1. The Bertz CT molecular complexity index is 2370. The minimum absolute atomic E-state index is 0.00924. The van der Waals surface area contributed by atoms with Gasteiger partial charge in [-0.3, -0.25) is 19.2 Å². The number of nitrogens with one attached hydrogen (secondary N) is 2. The van der Waals surface area contributed by atoms with E-state index in [-0.39, 0.29) is 55.2 Å². The summed E-state index contributed by atoms with van der Waals surface area (Å²) in [7, 11) is 0. The number of carbonyl (C=O) groups is 4. The lowest BCUT2D eigenvalue weighted by molar-refractivity contribution is -0.164. The van der Waals surface area contributed by atoms with Crippen LogP contribution in [0.15, 0.2) is 83.4 Å². The standard InChI is InChI=1S/C49H58ClN7O7/c1-29(2)42(40-23-30(3)54-64-40)45(62)57-28-35(58)24-39(57)44(61)52-38(31-11-9-8-10-12-31)26-41(59)56-21-19-55(20-22-56)34-16-13-32(14-17-34)43(60)53-46-48(4,5)47(49(46,6)7)63-36-18-15-33(27-51)37(50)25-36/h8-18,23,25,29,35,38-39,42,46-47,58H,19-22,24,26,28H2,1-7H3,(H,52,61)(H,53,60)/t35-,38+,39+,42-,46?,47?/m1/s1. The molecule has 64 heavy (non-hydrogen) atoms. The van der Waals surface area contributed by atoms with Gasteiger partial charge >= 0.3 is 0 Å². The number of benzene rings is 3. The molecule has 3 N–H and O–H groups in total. The van der Waals surface area contributed by atoms with Crippen molar-refractivity contribution in [3.63, 3.8) is 0 Å². The van der Waals surface area contributed by atoms with Crippen molar-refractivity contribution in [1.29, 1.82) is 5.26 Å². The topological polar surface area (TPSA) is 181 Å². The van der Waals surface area contributed by atoms with Gasteiger partial charge in [-0.25, -0.2) is 0 Å². The van der Waals surface area contributed by atoms with Gasteiger partial charge in [0.15, 0.2) is 0 Å². The number of rotatable bonds is 13. The first-order valence-electron chi connectivity index (χ1n) is 22.0. The van der Waals surface area contributed by atoms with Crippen molar-refractivity contribution in [2.24, 2.45) is 16.7 Å². The summed E-state index contributed by atoms with van der Waals surface area (Å²) >= 11 is 6.26. The van der Waals surface area contributed by atoms with Gasteiger partial charge in [0.25, 0.3) is 5.91 Å². The van der Waals surface area contributed by atoms with Crippen molar-refractivity contribution in [2.45, 2.75) is 97.6 Å². The van der Waals surface area contributed by atoms with Gasteiger partial charge in [0.2, 0.25) is 17.7 Å². The molecule has 1 aliphatic carbocycles. The van der Waals surface area contributed by atoms with Crippen LogP contribution in [-0.4, -0.2) is 101 Å². The third-order valence-corrected chi connectivity index (χ3v) is 13.5. The third-order valence-electron chi connectivity index (χ3n) is 13.2. The van der Waals surface area contributed by atoms with Crippen LogP contribution < -0.4 is 20.3 Å². The second kappa shape index (κ2) is 18.7. The Morgan fingerprint density at radius 3 is 2.23 bits per heavy atom. The SMILES string of the molecule is Cc1cc([C@H](C(=O)N2C[C@H](O)C[C@H]2C(=O)N[C@@H](CC(=O)N2CCN(c3ccc(C(=O)NC4C(C)(C)C(Oc5ccc(C#N)c(Cl)c5)C4(C)C)cc3)CC2)c2ccccc2)C(C)C)on1. The predicted octanol–water partition coefficient (Wildman–Crippen LogP) is 6.42. The summed E-state index contributed by atoms with van der Waals surface area (Å²) in [5.41, 5.74) is 2.45. The number of aromatic nitrogens is 1. The largest absolute Gasteiger partial charge is 0.489 e. The van der Waals surface area contributed by atoms with Gasteiger partial charge in [0.1, 0.15) is 35.6 Å². The Balaban J connectivity index is 0.941. The number of piperazine rings is 1. The normalized spacial score (nSPS) is 22.2. The fraction of sp³-hybridized carbons (Fsp3) is 0.469. The van der Waals surface area contributed by atoms with Crippen LogP contribution in [0, 0.1) is 35.0 Å². The summed E-state index contributed by atoms with van der Waals surface area (Å²) in [4.78, 5) is 61.0. The van der Waals surface area contributed by atoms with Crippen molar-refractivity contribution in [2.75, 3.05) is 37.6 Å². The van der Waals surface area contributed by atoms with Crippen LogP contribution in [-0.2, 0) is 14.4 Å². The van der Waals surface area contributed by atoms with E-state index in [2.05, 4.69) is 54.5 Å². The molecule has 338 valence electrons. The van der Waals surface area contributed by atoms with Gasteiger partial charge in [0, 0.05) is 79.4 Å². The number of nitriles is 1. The summed E-state index contributed by atoms with van der Waals surface area (Å²) in [6.07, 6.45) is -1.01. The molecule has 3 fully saturated rings. The number of β-amino-alcohol motifs (C(OH)–C–C–N with tert-alkyl or cyclic N) is 1. The summed E-state index contributed by atoms with van der Waals surface area (Å²) in [5.74, 6) is -0.899. The van der Waals surface area contributed by atoms with Gasteiger partial charge in [-0.1, -0.05) is 88.6 Å². The maximum absolute atomic E-state index is 14.0. The van der Waals surface area contributed by atoms with Gasteiger partial charge in [0.05, 0.1) is 34.8 Å². The van der Waals surface area contributed by atoms with Crippen LogP contribution in [0.25, 0.3) is 0 Å². The second-order valence-corrected chi connectivity index (χ2v) is 19.3. The molecule has 1 saturated carbocycles. The van der Waals surface area contributed by atoms with E-state index >= 15 is 0 Å². The molecule has 0 unspecified atom stereocenters. The van der Waals surface area contributed by atoms with E-state index in [4.69, 9.17) is 20.9 Å². The highest BCUT2D eigenvalue weighted by Gasteiger charge is 2.64. The van der Waals surface area contributed by atoms with Gasteiger partial charge in [-0.15, -0.1) is 0 Å². The lowest BCUT2D eigenvalue weighted by atomic mass is 9.49. The lowest BCUT2D eigenvalue weighted by Crippen LogP contribution is -2.74. The van der Waals surface area contributed by atoms with Crippen molar-refractivity contribution in [3.8, 4) is 11.8 Å². The van der Waals surface area contributed by atoms with E-state index < -0.39 is 40.8 Å². The number of amides is 4. The zero-order chi connectivity index (χ0) is 46.1. The average Bonchev–Trinajstić information content (AvgIpc) is 3.89.